The molecule has 2 rings (SSSR count). The topological polar surface area (TPSA) is 17.1 Å². The fourth-order valence-electron chi connectivity index (χ4n) is 1.91. The highest BCUT2D eigenvalue weighted by Gasteiger charge is 2.14. The van der Waals surface area contributed by atoms with E-state index in [2.05, 4.69) is 50.9 Å². The van der Waals surface area contributed by atoms with E-state index in [1.54, 1.807) is 11.3 Å². The molecule has 1 heterocycles. The molecule has 1 nitrogen and oxygen atoms in total. The number of halogens is 2. The number of aryl methyl sites for hydroxylation is 1. The van der Waals surface area contributed by atoms with Crippen molar-refractivity contribution in [2.45, 2.75) is 26.7 Å². The number of benzene rings is 1. The molecule has 0 N–H and O–H groups in total. The van der Waals surface area contributed by atoms with Crippen LogP contribution in [0.2, 0.25) is 0 Å². The number of thiophene rings is 1. The van der Waals surface area contributed by atoms with Crippen LogP contribution in [-0.4, -0.2) is 5.78 Å². The first kappa shape index (κ1) is 14.9. The second-order valence-electron chi connectivity index (χ2n) is 4.44. The first-order valence-electron chi connectivity index (χ1n) is 6.12. The summed E-state index contributed by atoms with van der Waals surface area (Å²) >= 11 is 8.77. The summed E-state index contributed by atoms with van der Waals surface area (Å²) in [6.45, 7) is 4.09. The molecule has 0 radical (unpaired) electrons. The summed E-state index contributed by atoms with van der Waals surface area (Å²) in [4.78, 5) is 13.9. The first-order valence-corrected chi connectivity index (χ1v) is 8.52. The van der Waals surface area contributed by atoms with Crippen LogP contribution >= 0.6 is 43.2 Å². The lowest BCUT2D eigenvalue weighted by molar-refractivity contribution is 0.0985. The second-order valence-corrected chi connectivity index (χ2v) is 7.23. The highest BCUT2D eigenvalue weighted by Crippen LogP contribution is 2.39. The fraction of sp³-hybridized carbons (Fsp3) is 0.267. The molecular weight excluding hydrogens is 388 g/mol. The maximum atomic E-state index is 11.9. The highest BCUT2D eigenvalue weighted by molar-refractivity contribution is 9.11. The molecule has 0 saturated carbocycles. The maximum absolute atomic E-state index is 11.9. The van der Waals surface area contributed by atoms with Gasteiger partial charge in [-0.25, -0.2) is 0 Å². The van der Waals surface area contributed by atoms with E-state index >= 15 is 0 Å². The van der Waals surface area contributed by atoms with E-state index in [0.29, 0.717) is 6.42 Å². The molecule has 1 aromatic heterocycles. The molecule has 0 aliphatic carbocycles. The highest BCUT2D eigenvalue weighted by atomic mass is 79.9. The zero-order valence-electron chi connectivity index (χ0n) is 10.8. The summed E-state index contributed by atoms with van der Waals surface area (Å²) in [5.74, 6) is 0.234. The van der Waals surface area contributed by atoms with E-state index in [-0.39, 0.29) is 5.78 Å². The summed E-state index contributed by atoms with van der Waals surface area (Å²) in [5.41, 5.74) is 2.31. The van der Waals surface area contributed by atoms with Gasteiger partial charge in [0.05, 0.1) is 4.88 Å². The van der Waals surface area contributed by atoms with Crippen LogP contribution in [-0.2, 0) is 0 Å². The van der Waals surface area contributed by atoms with Crippen LogP contribution in [0.25, 0.3) is 10.4 Å². The normalized spacial score (nSPS) is 10.7. The molecular formula is C15H14Br2OS. The number of carbonyl (C=O) groups excluding carboxylic acids is 1. The summed E-state index contributed by atoms with van der Waals surface area (Å²) in [6, 6.07) is 8.13. The van der Waals surface area contributed by atoms with Gasteiger partial charge in [0.2, 0.25) is 0 Å². The number of carbonyl (C=O) groups is 1. The van der Waals surface area contributed by atoms with Gasteiger partial charge in [-0.15, -0.1) is 11.3 Å². The van der Waals surface area contributed by atoms with Crippen molar-refractivity contribution in [1.82, 2.24) is 0 Å². The Balaban J connectivity index is 2.41. The minimum absolute atomic E-state index is 0.234. The van der Waals surface area contributed by atoms with E-state index in [1.807, 2.05) is 19.1 Å². The molecule has 0 fully saturated rings. The standard InChI is InChI=1S/C15H14Br2OS/c1-3-4-12(18)13-5-6-14(19-13)15-10(16)7-9(2)8-11(15)17/h5-8H,3-4H2,1-2H3. The van der Waals surface area contributed by atoms with Gasteiger partial charge in [-0.2, -0.15) is 0 Å². The lowest BCUT2D eigenvalue weighted by Gasteiger charge is -2.06. The molecule has 0 amide bonds. The van der Waals surface area contributed by atoms with Crippen molar-refractivity contribution < 1.29 is 4.79 Å². The van der Waals surface area contributed by atoms with Gasteiger partial charge in [-0.1, -0.05) is 38.8 Å². The molecule has 0 spiro atoms. The van der Waals surface area contributed by atoms with Gasteiger partial charge in [0.15, 0.2) is 5.78 Å². The van der Waals surface area contributed by atoms with Gasteiger partial charge >= 0.3 is 0 Å². The van der Waals surface area contributed by atoms with Gasteiger partial charge in [0, 0.05) is 25.8 Å². The average Bonchev–Trinajstić information content (AvgIpc) is 2.77. The third-order valence-corrected chi connectivity index (χ3v) is 5.19. The third-order valence-electron chi connectivity index (χ3n) is 2.79. The van der Waals surface area contributed by atoms with Crippen LogP contribution < -0.4 is 0 Å². The summed E-state index contributed by atoms with van der Waals surface area (Å²) in [7, 11) is 0. The summed E-state index contributed by atoms with van der Waals surface area (Å²) < 4.78 is 2.10. The fourth-order valence-corrected chi connectivity index (χ4v) is 5.06. The predicted molar refractivity (Wildman–Crippen MR) is 89.1 cm³/mol. The quantitative estimate of drug-likeness (QED) is 0.554. The van der Waals surface area contributed by atoms with E-state index in [0.717, 1.165) is 30.7 Å². The molecule has 1 aromatic carbocycles. The van der Waals surface area contributed by atoms with Crippen LogP contribution in [0, 0.1) is 6.92 Å². The Morgan fingerprint density at radius 2 is 1.84 bits per heavy atom. The first-order chi connectivity index (χ1) is 9.02. The van der Waals surface area contributed by atoms with E-state index < -0.39 is 0 Å². The zero-order valence-corrected chi connectivity index (χ0v) is 14.8. The van der Waals surface area contributed by atoms with Crippen LogP contribution in [0.3, 0.4) is 0 Å². The van der Waals surface area contributed by atoms with Crippen molar-refractivity contribution in [3.8, 4) is 10.4 Å². The second kappa shape index (κ2) is 6.33. The maximum Gasteiger partial charge on any atom is 0.172 e. The minimum Gasteiger partial charge on any atom is -0.293 e. The number of ketones is 1. The lowest BCUT2D eigenvalue weighted by atomic mass is 10.1. The van der Waals surface area contributed by atoms with Crippen molar-refractivity contribution in [2.75, 3.05) is 0 Å². The third kappa shape index (κ3) is 3.36. The Bertz CT molecular complexity index is 593. The molecule has 2 aromatic rings. The smallest absolute Gasteiger partial charge is 0.172 e. The van der Waals surface area contributed by atoms with Crippen LogP contribution in [0.15, 0.2) is 33.2 Å². The zero-order chi connectivity index (χ0) is 14.0. The molecule has 0 saturated heterocycles. The Hall–Kier alpha value is -0.450. The largest absolute Gasteiger partial charge is 0.293 e. The molecule has 0 bridgehead atoms. The monoisotopic (exact) mass is 400 g/mol. The molecule has 0 unspecified atom stereocenters. The van der Waals surface area contributed by atoms with Crippen molar-refractivity contribution >= 4 is 49.0 Å². The lowest BCUT2D eigenvalue weighted by Crippen LogP contribution is -1.93. The Kier molecular flexibility index (Phi) is 4.98. The Morgan fingerprint density at radius 1 is 1.21 bits per heavy atom. The number of rotatable bonds is 4. The van der Waals surface area contributed by atoms with Gasteiger partial charge in [0.1, 0.15) is 0 Å². The van der Waals surface area contributed by atoms with Crippen LogP contribution in [0.5, 0.6) is 0 Å². The van der Waals surface area contributed by atoms with Crippen molar-refractivity contribution in [2.24, 2.45) is 0 Å². The Morgan fingerprint density at radius 3 is 2.42 bits per heavy atom. The SMILES string of the molecule is CCCC(=O)c1ccc(-c2c(Br)cc(C)cc2Br)s1. The summed E-state index contributed by atoms with van der Waals surface area (Å²) in [5, 5.41) is 0. The average molecular weight is 402 g/mol. The Labute approximate surface area is 134 Å². The molecule has 0 atom stereocenters. The van der Waals surface area contributed by atoms with E-state index in [9.17, 15) is 4.79 Å². The van der Waals surface area contributed by atoms with Crippen LogP contribution in [0.4, 0.5) is 0 Å². The van der Waals surface area contributed by atoms with Gasteiger partial charge in [-0.05, 0) is 43.2 Å². The van der Waals surface area contributed by atoms with Crippen molar-refractivity contribution in [3.63, 3.8) is 0 Å². The molecule has 100 valence electrons. The number of Topliss-reactive ketones (excluding diaryl/α,β-unsaturated/α-hetero) is 1. The molecule has 0 aliphatic heterocycles. The van der Waals surface area contributed by atoms with Crippen molar-refractivity contribution in [1.29, 1.82) is 0 Å². The van der Waals surface area contributed by atoms with Gasteiger partial charge < -0.3 is 0 Å². The number of hydrogen-bond acceptors (Lipinski definition) is 2. The minimum atomic E-state index is 0.234. The molecule has 4 heteroatoms. The van der Waals surface area contributed by atoms with Gasteiger partial charge in [-0.3, -0.25) is 4.79 Å². The van der Waals surface area contributed by atoms with E-state index in [1.165, 1.54) is 5.56 Å². The van der Waals surface area contributed by atoms with Crippen molar-refractivity contribution in [3.05, 3.63) is 43.7 Å². The van der Waals surface area contributed by atoms with Crippen LogP contribution in [0.1, 0.15) is 35.0 Å². The number of hydrogen-bond donors (Lipinski definition) is 0. The molecule has 19 heavy (non-hydrogen) atoms. The van der Waals surface area contributed by atoms with E-state index in [4.69, 9.17) is 0 Å². The van der Waals surface area contributed by atoms with Gasteiger partial charge in [0.25, 0.3) is 0 Å². The molecule has 0 aliphatic rings. The predicted octanol–water partition coefficient (Wildman–Crippen LogP) is 6.23. The summed E-state index contributed by atoms with van der Waals surface area (Å²) in [6.07, 6.45) is 1.51.